The minimum Gasteiger partial charge on any atom is -0.497 e. The van der Waals surface area contributed by atoms with Crippen LogP contribution in [0.25, 0.3) is 5.69 Å². The number of tetrazole rings is 1. The largest absolute Gasteiger partial charge is 0.497 e. The zero-order chi connectivity index (χ0) is 21.6. The van der Waals surface area contributed by atoms with E-state index in [1.165, 1.54) is 6.33 Å². The van der Waals surface area contributed by atoms with Gasteiger partial charge in [-0.25, -0.2) is 4.68 Å². The van der Waals surface area contributed by atoms with E-state index in [1.807, 2.05) is 53.4 Å². The number of carbonyl (C=O) groups excluding carboxylic acids is 1. The van der Waals surface area contributed by atoms with E-state index < -0.39 is 0 Å². The van der Waals surface area contributed by atoms with E-state index in [4.69, 9.17) is 4.74 Å². The number of methoxy groups -OCH3 is 1. The number of piperazine rings is 1. The summed E-state index contributed by atoms with van der Waals surface area (Å²) in [5.74, 6) is 0.856. The SMILES string of the molecule is COc1ccc(C(C#N)N2CCN(C(=O)Cc3ccc(-n4cnnn4)cc3)CC2)cc1. The van der Waals surface area contributed by atoms with Crippen molar-refractivity contribution in [2.45, 2.75) is 12.5 Å². The first kappa shape index (κ1) is 20.5. The van der Waals surface area contributed by atoms with Crippen LogP contribution in [0.2, 0.25) is 0 Å². The zero-order valence-electron chi connectivity index (χ0n) is 17.3. The van der Waals surface area contributed by atoms with Gasteiger partial charge in [-0.1, -0.05) is 24.3 Å². The van der Waals surface area contributed by atoms with Crippen molar-refractivity contribution in [2.75, 3.05) is 33.3 Å². The molecule has 1 aliphatic heterocycles. The van der Waals surface area contributed by atoms with Gasteiger partial charge < -0.3 is 9.64 Å². The van der Waals surface area contributed by atoms with Crippen molar-refractivity contribution in [3.05, 3.63) is 66.0 Å². The van der Waals surface area contributed by atoms with Gasteiger partial charge in [0.25, 0.3) is 0 Å². The number of carbonyl (C=O) groups is 1. The number of aromatic nitrogens is 4. The van der Waals surface area contributed by atoms with Crippen LogP contribution in [0.1, 0.15) is 17.2 Å². The highest BCUT2D eigenvalue weighted by molar-refractivity contribution is 5.79. The molecule has 1 fully saturated rings. The van der Waals surface area contributed by atoms with Gasteiger partial charge in [0.1, 0.15) is 18.1 Å². The molecule has 0 spiro atoms. The molecule has 0 aliphatic carbocycles. The Balaban J connectivity index is 1.32. The molecule has 1 unspecified atom stereocenters. The number of nitrogens with zero attached hydrogens (tertiary/aromatic N) is 7. The van der Waals surface area contributed by atoms with E-state index in [1.54, 1.807) is 11.8 Å². The summed E-state index contributed by atoms with van der Waals surface area (Å²) in [5, 5.41) is 20.8. The summed E-state index contributed by atoms with van der Waals surface area (Å²) >= 11 is 0. The molecule has 31 heavy (non-hydrogen) atoms. The van der Waals surface area contributed by atoms with E-state index in [0.29, 0.717) is 32.6 Å². The second-order valence-electron chi connectivity index (χ2n) is 7.32. The van der Waals surface area contributed by atoms with Crippen LogP contribution >= 0.6 is 0 Å². The van der Waals surface area contributed by atoms with Crippen LogP contribution in [0.4, 0.5) is 0 Å². The number of hydrogen-bond acceptors (Lipinski definition) is 7. The fourth-order valence-electron chi connectivity index (χ4n) is 3.72. The van der Waals surface area contributed by atoms with Crippen molar-refractivity contribution >= 4 is 5.91 Å². The van der Waals surface area contributed by atoms with E-state index >= 15 is 0 Å². The quantitative estimate of drug-likeness (QED) is 0.601. The van der Waals surface area contributed by atoms with Gasteiger partial charge in [0.2, 0.25) is 5.91 Å². The zero-order valence-corrected chi connectivity index (χ0v) is 17.3. The van der Waals surface area contributed by atoms with Crippen LogP contribution in [-0.2, 0) is 11.2 Å². The Morgan fingerprint density at radius 3 is 2.39 bits per heavy atom. The lowest BCUT2D eigenvalue weighted by Gasteiger charge is -2.37. The molecule has 1 amide bonds. The van der Waals surface area contributed by atoms with E-state index in [-0.39, 0.29) is 11.9 Å². The number of benzene rings is 2. The third kappa shape index (κ3) is 4.70. The standard InChI is InChI=1S/C22H23N7O2/c1-31-20-8-4-18(5-9-20)21(15-23)27-10-12-28(13-11-27)22(30)14-17-2-6-19(7-3-17)29-16-24-25-26-29/h2-9,16,21H,10-14H2,1H3. The number of rotatable bonds is 6. The van der Waals surface area contributed by atoms with E-state index in [0.717, 1.165) is 22.6 Å². The van der Waals surface area contributed by atoms with Crippen molar-refractivity contribution in [1.82, 2.24) is 30.0 Å². The second-order valence-corrected chi connectivity index (χ2v) is 7.32. The minimum atomic E-state index is -0.332. The van der Waals surface area contributed by atoms with Gasteiger partial charge in [0, 0.05) is 26.2 Å². The fraction of sp³-hybridized carbons (Fsp3) is 0.318. The lowest BCUT2D eigenvalue weighted by atomic mass is 10.0. The number of nitriles is 1. The highest BCUT2D eigenvalue weighted by Gasteiger charge is 2.27. The van der Waals surface area contributed by atoms with Gasteiger partial charge in [-0.3, -0.25) is 9.69 Å². The smallest absolute Gasteiger partial charge is 0.227 e. The summed E-state index contributed by atoms with van der Waals surface area (Å²) in [4.78, 5) is 16.7. The van der Waals surface area contributed by atoms with Crippen LogP contribution in [0, 0.1) is 11.3 Å². The Morgan fingerprint density at radius 2 is 1.81 bits per heavy atom. The number of amides is 1. The van der Waals surface area contributed by atoms with Gasteiger partial charge in [-0.2, -0.15) is 5.26 Å². The molecule has 1 aromatic heterocycles. The fourth-order valence-corrected chi connectivity index (χ4v) is 3.72. The highest BCUT2D eigenvalue weighted by Crippen LogP contribution is 2.24. The molecule has 0 N–H and O–H groups in total. The first-order valence-corrected chi connectivity index (χ1v) is 10.1. The Hall–Kier alpha value is -3.77. The van der Waals surface area contributed by atoms with Gasteiger partial charge in [0.05, 0.1) is 25.3 Å². The summed E-state index contributed by atoms with van der Waals surface area (Å²) in [5.41, 5.74) is 2.72. The molecule has 2 heterocycles. The van der Waals surface area contributed by atoms with Crippen molar-refractivity contribution in [3.8, 4) is 17.5 Å². The molecule has 1 aliphatic rings. The Morgan fingerprint density at radius 1 is 1.10 bits per heavy atom. The summed E-state index contributed by atoms with van der Waals surface area (Å²) < 4.78 is 6.76. The highest BCUT2D eigenvalue weighted by atomic mass is 16.5. The maximum atomic E-state index is 12.8. The van der Waals surface area contributed by atoms with Crippen LogP contribution in [-0.4, -0.2) is 69.2 Å². The van der Waals surface area contributed by atoms with Gasteiger partial charge >= 0.3 is 0 Å². The second kappa shape index (κ2) is 9.36. The third-order valence-electron chi connectivity index (χ3n) is 5.49. The summed E-state index contributed by atoms with van der Waals surface area (Å²) in [7, 11) is 1.62. The van der Waals surface area contributed by atoms with Crippen LogP contribution in [0.15, 0.2) is 54.9 Å². The molecule has 9 nitrogen and oxygen atoms in total. The lowest BCUT2D eigenvalue weighted by Crippen LogP contribution is -2.49. The van der Waals surface area contributed by atoms with Crippen LogP contribution < -0.4 is 4.74 Å². The normalized spacial score (nSPS) is 15.3. The van der Waals surface area contributed by atoms with Crippen molar-refractivity contribution in [2.24, 2.45) is 0 Å². The lowest BCUT2D eigenvalue weighted by molar-refractivity contribution is -0.132. The van der Waals surface area contributed by atoms with Crippen LogP contribution in [0.5, 0.6) is 5.75 Å². The van der Waals surface area contributed by atoms with E-state index in [2.05, 4.69) is 26.5 Å². The minimum absolute atomic E-state index is 0.0905. The maximum Gasteiger partial charge on any atom is 0.227 e. The molecular weight excluding hydrogens is 394 g/mol. The Labute approximate surface area is 180 Å². The molecule has 4 rings (SSSR count). The molecule has 2 aromatic carbocycles. The van der Waals surface area contributed by atoms with Crippen molar-refractivity contribution in [1.29, 1.82) is 5.26 Å². The summed E-state index contributed by atoms with van der Waals surface area (Å²) in [6, 6.07) is 17.2. The Kier molecular flexibility index (Phi) is 6.19. The predicted octanol–water partition coefficient (Wildman–Crippen LogP) is 1.62. The van der Waals surface area contributed by atoms with Crippen molar-refractivity contribution < 1.29 is 9.53 Å². The van der Waals surface area contributed by atoms with E-state index in [9.17, 15) is 10.1 Å². The van der Waals surface area contributed by atoms with Gasteiger partial charge in [0.15, 0.2) is 0 Å². The molecule has 0 bridgehead atoms. The summed E-state index contributed by atoms with van der Waals surface area (Å²) in [6.07, 6.45) is 1.87. The first-order valence-electron chi connectivity index (χ1n) is 10.1. The number of ether oxygens (including phenoxy) is 1. The van der Waals surface area contributed by atoms with Crippen molar-refractivity contribution in [3.63, 3.8) is 0 Å². The third-order valence-corrected chi connectivity index (χ3v) is 5.49. The molecule has 9 heteroatoms. The molecule has 3 aromatic rings. The first-order chi connectivity index (χ1) is 15.2. The molecule has 0 radical (unpaired) electrons. The topological polar surface area (TPSA) is 100 Å². The van der Waals surface area contributed by atoms with Gasteiger partial charge in [-0.15, -0.1) is 5.10 Å². The van der Waals surface area contributed by atoms with Crippen LogP contribution in [0.3, 0.4) is 0 Å². The number of hydrogen-bond donors (Lipinski definition) is 0. The molecule has 1 atom stereocenters. The summed E-state index contributed by atoms with van der Waals surface area (Å²) in [6.45, 7) is 2.54. The molecule has 1 saturated heterocycles. The van der Waals surface area contributed by atoms with Gasteiger partial charge in [-0.05, 0) is 45.8 Å². The maximum absolute atomic E-state index is 12.8. The predicted molar refractivity (Wildman–Crippen MR) is 112 cm³/mol. The monoisotopic (exact) mass is 417 g/mol. The molecule has 0 saturated carbocycles. The molecular formula is C22H23N7O2. The average Bonchev–Trinajstić information content (AvgIpc) is 3.36. The Bertz CT molecular complexity index is 1030. The average molecular weight is 417 g/mol. The molecule has 158 valence electrons.